The first-order valence-corrected chi connectivity index (χ1v) is 8.50. The highest BCUT2D eigenvalue weighted by atomic mass is 16.5. The topological polar surface area (TPSA) is 87.2 Å². The number of piperidine rings is 1. The summed E-state index contributed by atoms with van der Waals surface area (Å²) in [6, 6.07) is 8.75. The van der Waals surface area contributed by atoms with Crippen LogP contribution in [0.2, 0.25) is 0 Å². The fourth-order valence-electron chi connectivity index (χ4n) is 3.43. The van der Waals surface area contributed by atoms with Gasteiger partial charge in [-0.15, -0.1) is 0 Å². The van der Waals surface area contributed by atoms with Gasteiger partial charge >= 0.3 is 5.97 Å². The van der Waals surface area contributed by atoms with Gasteiger partial charge in [0.25, 0.3) is 5.91 Å². The lowest BCUT2D eigenvalue weighted by atomic mass is 9.87. The molecular formula is C18H22N2O5. The van der Waals surface area contributed by atoms with Crippen molar-refractivity contribution >= 4 is 17.8 Å². The van der Waals surface area contributed by atoms with E-state index in [0.29, 0.717) is 31.9 Å². The normalized spacial score (nSPS) is 24.0. The van der Waals surface area contributed by atoms with Gasteiger partial charge in [0.05, 0.1) is 25.0 Å². The Morgan fingerprint density at radius 2 is 1.60 bits per heavy atom. The fourth-order valence-corrected chi connectivity index (χ4v) is 3.43. The Hall–Kier alpha value is -2.41. The summed E-state index contributed by atoms with van der Waals surface area (Å²) in [4.78, 5) is 40.2. The molecule has 3 rings (SSSR count). The van der Waals surface area contributed by atoms with Crippen molar-refractivity contribution in [2.45, 2.75) is 6.42 Å². The molecule has 2 saturated heterocycles. The first kappa shape index (κ1) is 17.4. The molecule has 0 radical (unpaired) electrons. The van der Waals surface area contributed by atoms with Gasteiger partial charge < -0.3 is 19.6 Å². The Morgan fingerprint density at radius 1 is 0.960 bits per heavy atom. The molecular weight excluding hydrogens is 324 g/mol. The van der Waals surface area contributed by atoms with E-state index in [2.05, 4.69) is 0 Å². The molecule has 1 aromatic rings. The van der Waals surface area contributed by atoms with Gasteiger partial charge in [-0.3, -0.25) is 14.4 Å². The molecule has 7 heteroatoms. The number of aliphatic carboxylic acids is 1. The van der Waals surface area contributed by atoms with Crippen LogP contribution in [0.5, 0.6) is 0 Å². The predicted octanol–water partition coefficient (Wildman–Crippen LogP) is 0.708. The van der Waals surface area contributed by atoms with Gasteiger partial charge in [-0.1, -0.05) is 18.2 Å². The average Bonchev–Trinajstić information content (AvgIpc) is 2.67. The van der Waals surface area contributed by atoms with E-state index in [1.807, 2.05) is 6.07 Å². The maximum atomic E-state index is 12.8. The van der Waals surface area contributed by atoms with E-state index in [1.54, 1.807) is 29.2 Å². The van der Waals surface area contributed by atoms with Gasteiger partial charge in [0, 0.05) is 31.7 Å². The minimum atomic E-state index is -0.967. The molecule has 2 aliphatic rings. The molecule has 0 aromatic heterocycles. The second-order valence-corrected chi connectivity index (χ2v) is 6.48. The number of carbonyl (C=O) groups is 3. The maximum absolute atomic E-state index is 12.8. The highest BCUT2D eigenvalue weighted by Gasteiger charge is 2.38. The monoisotopic (exact) mass is 346 g/mol. The van der Waals surface area contributed by atoms with E-state index in [1.165, 1.54) is 4.90 Å². The van der Waals surface area contributed by atoms with Crippen molar-refractivity contribution in [2.75, 3.05) is 39.4 Å². The number of morpholine rings is 1. The Bertz CT molecular complexity index is 642. The van der Waals surface area contributed by atoms with E-state index < -0.39 is 17.8 Å². The molecule has 1 N–H and O–H groups in total. The SMILES string of the molecule is O=C(O)[C@H]1C[C@@H](C(=O)N2CCOCC2)CN(C(=O)c2ccccc2)C1. The molecule has 1 aromatic carbocycles. The van der Waals surface area contributed by atoms with E-state index in [-0.39, 0.29) is 31.3 Å². The van der Waals surface area contributed by atoms with Crippen LogP contribution in [0.4, 0.5) is 0 Å². The van der Waals surface area contributed by atoms with Crippen molar-refractivity contribution in [3.8, 4) is 0 Å². The summed E-state index contributed by atoms with van der Waals surface area (Å²) in [5.74, 6) is -2.49. The van der Waals surface area contributed by atoms with E-state index in [9.17, 15) is 19.5 Å². The Morgan fingerprint density at radius 3 is 2.24 bits per heavy atom. The van der Waals surface area contributed by atoms with Gasteiger partial charge in [-0.05, 0) is 18.6 Å². The summed E-state index contributed by atoms with van der Waals surface area (Å²) in [5.41, 5.74) is 0.506. The molecule has 7 nitrogen and oxygen atoms in total. The zero-order valence-corrected chi connectivity index (χ0v) is 14.0. The highest BCUT2D eigenvalue weighted by Crippen LogP contribution is 2.26. The van der Waals surface area contributed by atoms with Crippen LogP contribution in [0.1, 0.15) is 16.8 Å². The third-order valence-electron chi connectivity index (χ3n) is 4.78. The van der Waals surface area contributed by atoms with Gasteiger partial charge in [0.2, 0.25) is 5.91 Å². The second kappa shape index (κ2) is 7.65. The van der Waals surface area contributed by atoms with Crippen LogP contribution in [-0.4, -0.2) is 72.1 Å². The summed E-state index contributed by atoms with van der Waals surface area (Å²) in [6.45, 7) is 2.41. The molecule has 25 heavy (non-hydrogen) atoms. The second-order valence-electron chi connectivity index (χ2n) is 6.48. The van der Waals surface area contributed by atoms with Crippen molar-refractivity contribution in [1.29, 1.82) is 0 Å². The zero-order valence-electron chi connectivity index (χ0n) is 14.0. The molecule has 2 atom stereocenters. The van der Waals surface area contributed by atoms with Crippen LogP contribution in [0.25, 0.3) is 0 Å². The molecule has 2 amide bonds. The van der Waals surface area contributed by atoms with Crippen molar-refractivity contribution < 1.29 is 24.2 Å². The lowest BCUT2D eigenvalue weighted by Gasteiger charge is -2.38. The number of nitrogens with zero attached hydrogens (tertiary/aromatic N) is 2. The van der Waals surface area contributed by atoms with Gasteiger partial charge in [-0.2, -0.15) is 0 Å². The average molecular weight is 346 g/mol. The standard InChI is InChI=1S/C18H22N2O5/c21-16(13-4-2-1-3-5-13)20-11-14(10-15(12-20)18(23)24)17(22)19-6-8-25-9-7-19/h1-5,14-15H,6-12H2,(H,23,24)/t14-,15+/m1/s1. The van der Waals surface area contributed by atoms with Crippen LogP contribution in [0.15, 0.2) is 30.3 Å². The molecule has 2 heterocycles. The number of hydrogen-bond donors (Lipinski definition) is 1. The van der Waals surface area contributed by atoms with Crippen molar-refractivity contribution in [3.63, 3.8) is 0 Å². The Kier molecular flexibility index (Phi) is 5.33. The number of benzene rings is 1. The maximum Gasteiger partial charge on any atom is 0.308 e. The number of amides is 2. The number of carbonyl (C=O) groups excluding carboxylic acids is 2. The molecule has 2 aliphatic heterocycles. The Labute approximate surface area is 146 Å². The Balaban J connectivity index is 1.76. The lowest BCUT2D eigenvalue weighted by molar-refractivity contribution is -0.147. The third kappa shape index (κ3) is 3.99. The van der Waals surface area contributed by atoms with Crippen molar-refractivity contribution in [3.05, 3.63) is 35.9 Å². The summed E-state index contributed by atoms with van der Waals surface area (Å²) in [7, 11) is 0. The molecule has 0 aliphatic carbocycles. The van der Waals surface area contributed by atoms with Gasteiger partial charge in [0.15, 0.2) is 0 Å². The van der Waals surface area contributed by atoms with Crippen LogP contribution in [0.3, 0.4) is 0 Å². The number of carboxylic acids is 1. The van der Waals surface area contributed by atoms with Crippen LogP contribution >= 0.6 is 0 Å². The summed E-state index contributed by atoms with van der Waals surface area (Å²) in [5, 5.41) is 9.44. The molecule has 0 unspecified atom stereocenters. The van der Waals surface area contributed by atoms with Crippen LogP contribution in [-0.2, 0) is 14.3 Å². The molecule has 0 bridgehead atoms. The summed E-state index contributed by atoms with van der Waals surface area (Å²) < 4.78 is 5.26. The van der Waals surface area contributed by atoms with Crippen molar-refractivity contribution in [2.24, 2.45) is 11.8 Å². The van der Waals surface area contributed by atoms with Gasteiger partial charge in [0.1, 0.15) is 0 Å². The molecule has 2 fully saturated rings. The number of carboxylic acid groups (broad SMARTS) is 1. The zero-order chi connectivity index (χ0) is 17.8. The molecule has 0 saturated carbocycles. The van der Waals surface area contributed by atoms with E-state index in [4.69, 9.17) is 4.74 Å². The highest BCUT2D eigenvalue weighted by molar-refractivity contribution is 5.95. The summed E-state index contributed by atoms with van der Waals surface area (Å²) in [6.07, 6.45) is 0.268. The van der Waals surface area contributed by atoms with E-state index >= 15 is 0 Å². The minimum Gasteiger partial charge on any atom is -0.481 e. The molecule has 0 spiro atoms. The number of hydrogen-bond acceptors (Lipinski definition) is 4. The third-order valence-corrected chi connectivity index (χ3v) is 4.78. The van der Waals surface area contributed by atoms with Crippen molar-refractivity contribution in [1.82, 2.24) is 9.80 Å². The number of rotatable bonds is 3. The fraction of sp³-hybridized carbons (Fsp3) is 0.500. The van der Waals surface area contributed by atoms with E-state index in [0.717, 1.165) is 0 Å². The first-order chi connectivity index (χ1) is 12.1. The number of likely N-dealkylation sites (tertiary alicyclic amines) is 1. The number of ether oxygens (including phenoxy) is 1. The minimum absolute atomic E-state index is 0.0832. The summed E-state index contributed by atoms with van der Waals surface area (Å²) >= 11 is 0. The van der Waals surface area contributed by atoms with Gasteiger partial charge in [-0.25, -0.2) is 0 Å². The first-order valence-electron chi connectivity index (χ1n) is 8.50. The largest absolute Gasteiger partial charge is 0.481 e. The predicted molar refractivity (Wildman–Crippen MR) is 89.0 cm³/mol. The van der Waals surface area contributed by atoms with Crippen LogP contribution in [0, 0.1) is 11.8 Å². The lowest BCUT2D eigenvalue weighted by Crippen LogP contribution is -2.52. The quantitative estimate of drug-likeness (QED) is 0.871. The smallest absolute Gasteiger partial charge is 0.308 e. The van der Waals surface area contributed by atoms with Crippen LogP contribution < -0.4 is 0 Å². The molecule has 134 valence electrons.